The minimum Gasteiger partial charge on any atom is -0.339 e. The summed E-state index contributed by atoms with van der Waals surface area (Å²) in [5.74, 6) is 0.871. The molecule has 3 aromatic rings. The summed E-state index contributed by atoms with van der Waals surface area (Å²) in [5.41, 5.74) is 8.01. The largest absolute Gasteiger partial charge is 0.339 e. The highest BCUT2D eigenvalue weighted by Gasteiger charge is 2.10. The number of hydrogen-bond donors (Lipinski definition) is 1. The molecule has 2 nitrogen and oxygen atoms in total. The second kappa shape index (κ2) is 7.35. The number of nitrogens with one attached hydrogen (secondary N) is 1. The summed E-state index contributed by atoms with van der Waals surface area (Å²) in [4.78, 5) is 5.01. The first-order chi connectivity index (χ1) is 12.1. The summed E-state index contributed by atoms with van der Waals surface area (Å²) >= 11 is 0. The van der Waals surface area contributed by atoms with Gasteiger partial charge in [-0.15, -0.1) is 0 Å². The van der Waals surface area contributed by atoms with Crippen LogP contribution in [0, 0.1) is 27.7 Å². The van der Waals surface area contributed by atoms with E-state index in [4.69, 9.17) is 4.99 Å². The van der Waals surface area contributed by atoms with Crippen LogP contribution < -0.4 is 5.32 Å². The zero-order chi connectivity index (χ0) is 17.8. The van der Waals surface area contributed by atoms with E-state index in [-0.39, 0.29) is 0 Å². The van der Waals surface area contributed by atoms with Gasteiger partial charge < -0.3 is 5.32 Å². The molecule has 0 atom stereocenters. The molecular weight excluding hydrogens is 304 g/mol. The minimum absolute atomic E-state index is 0.871. The van der Waals surface area contributed by atoms with Crippen LogP contribution in [0.2, 0.25) is 0 Å². The van der Waals surface area contributed by atoms with Gasteiger partial charge in [0, 0.05) is 11.3 Å². The van der Waals surface area contributed by atoms with Crippen molar-refractivity contribution in [3.8, 4) is 0 Å². The van der Waals surface area contributed by atoms with Gasteiger partial charge in [0.15, 0.2) is 0 Å². The van der Waals surface area contributed by atoms with Crippen molar-refractivity contribution < 1.29 is 0 Å². The Kier molecular flexibility index (Phi) is 4.99. The Morgan fingerprint density at radius 1 is 0.640 bits per heavy atom. The molecule has 0 fully saturated rings. The maximum absolute atomic E-state index is 5.01. The molecule has 3 rings (SSSR count). The van der Waals surface area contributed by atoms with E-state index in [0.29, 0.717) is 0 Å². The summed E-state index contributed by atoms with van der Waals surface area (Å²) in [6, 6.07) is 22.9. The van der Waals surface area contributed by atoms with Crippen LogP contribution in [-0.4, -0.2) is 5.84 Å². The van der Waals surface area contributed by atoms with Crippen molar-refractivity contribution in [1.29, 1.82) is 0 Å². The van der Waals surface area contributed by atoms with Crippen molar-refractivity contribution in [3.05, 3.63) is 94.5 Å². The third kappa shape index (κ3) is 3.80. The first kappa shape index (κ1) is 17.0. The third-order valence-corrected chi connectivity index (χ3v) is 4.43. The van der Waals surface area contributed by atoms with Crippen molar-refractivity contribution in [2.45, 2.75) is 27.7 Å². The van der Waals surface area contributed by atoms with Crippen LogP contribution in [0.25, 0.3) is 0 Å². The molecule has 1 N–H and O–H groups in total. The molecule has 0 aliphatic rings. The second-order valence-electron chi connectivity index (χ2n) is 6.46. The zero-order valence-corrected chi connectivity index (χ0v) is 15.3. The SMILES string of the molecule is Cc1cccc(C)c1N=C(Nc1c(C)cccc1C)c1ccccc1. The van der Waals surface area contributed by atoms with Crippen molar-refractivity contribution in [2.75, 3.05) is 5.32 Å². The van der Waals surface area contributed by atoms with Crippen LogP contribution in [0.3, 0.4) is 0 Å². The number of rotatable bonds is 3. The first-order valence-corrected chi connectivity index (χ1v) is 8.60. The highest BCUT2D eigenvalue weighted by molar-refractivity contribution is 6.10. The maximum atomic E-state index is 5.01. The van der Waals surface area contributed by atoms with Crippen LogP contribution in [-0.2, 0) is 0 Å². The minimum atomic E-state index is 0.871. The van der Waals surface area contributed by atoms with Crippen LogP contribution in [0.5, 0.6) is 0 Å². The molecule has 0 aromatic heterocycles. The molecule has 0 aliphatic carbocycles. The lowest BCUT2D eigenvalue weighted by Crippen LogP contribution is -2.15. The molecule has 0 spiro atoms. The number of aliphatic imine (C=N–C) groups is 1. The topological polar surface area (TPSA) is 24.4 Å². The molecule has 0 radical (unpaired) electrons. The lowest BCUT2D eigenvalue weighted by atomic mass is 10.1. The molecular formula is C23H24N2. The fourth-order valence-corrected chi connectivity index (χ4v) is 2.98. The van der Waals surface area contributed by atoms with Crippen molar-refractivity contribution in [1.82, 2.24) is 0 Å². The molecule has 0 amide bonds. The number of anilines is 1. The number of benzene rings is 3. The van der Waals surface area contributed by atoms with Crippen LogP contribution in [0.1, 0.15) is 27.8 Å². The molecule has 0 aliphatic heterocycles. The second-order valence-corrected chi connectivity index (χ2v) is 6.46. The van der Waals surface area contributed by atoms with Gasteiger partial charge in [0.1, 0.15) is 5.84 Å². The Labute approximate surface area is 150 Å². The normalized spacial score (nSPS) is 11.4. The predicted molar refractivity (Wildman–Crippen MR) is 108 cm³/mol. The number of para-hydroxylation sites is 2. The highest BCUT2D eigenvalue weighted by atomic mass is 15.0. The Balaban J connectivity index is 2.13. The fraction of sp³-hybridized carbons (Fsp3) is 0.174. The van der Waals surface area contributed by atoms with E-state index in [1.807, 2.05) is 18.2 Å². The van der Waals surface area contributed by atoms with Gasteiger partial charge in [-0.2, -0.15) is 0 Å². The van der Waals surface area contributed by atoms with Gasteiger partial charge in [-0.05, 0) is 49.9 Å². The first-order valence-electron chi connectivity index (χ1n) is 8.60. The Bertz CT molecular complexity index is 868. The molecule has 25 heavy (non-hydrogen) atoms. The van der Waals surface area contributed by atoms with Crippen LogP contribution in [0.4, 0.5) is 11.4 Å². The third-order valence-electron chi connectivity index (χ3n) is 4.43. The quantitative estimate of drug-likeness (QED) is 0.455. The average Bonchev–Trinajstić information content (AvgIpc) is 2.60. The van der Waals surface area contributed by atoms with Crippen LogP contribution >= 0.6 is 0 Å². The van der Waals surface area contributed by atoms with E-state index in [1.165, 1.54) is 22.3 Å². The van der Waals surface area contributed by atoms with Crippen LogP contribution in [0.15, 0.2) is 71.7 Å². The molecule has 3 aromatic carbocycles. The number of aryl methyl sites for hydroxylation is 4. The molecule has 126 valence electrons. The Morgan fingerprint density at radius 2 is 1.16 bits per heavy atom. The lowest BCUT2D eigenvalue weighted by molar-refractivity contribution is 1.31. The summed E-state index contributed by atoms with van der Waals surface area (Å²) in [6.07, 6.45) is 0. The summed E-state index contributed by atoms with van der Waals surface area (Å²) in [7, 11) is 0. The maximum Gasteiger partial charge on any atom is 0.138 e. The average molecular weight is 328 g/mol. The molecule has 0 bridgehead atoms. The van der Waals surface area contributed by atoms with E-state index >= 15 is 0 Å². The molecule has 0 saturated heterocycles. The highest BCUT2D eigenvalue weighted by Crippen LogP contribution is 2.26. The number of amidine groups is 1. The van der Waals surface area contributed by atoms with E-state index in [0.717, 1.165) is 22.8 Å². The van der Waals surface area contributed by atoms with E-state index < -0.39 is 0 Å². The number of hydrogen-bond acceptors (Lipinski definition) is 1. The molecule has 0 unspecified atom stereocenters. The Hall–Kier alpha value is -2.87. The summed E-state index contributed by atoms with van der Waals surface area (Å²) < 4.78 is 0. The van der Waals surface area contributed by atoms with Gasteiger partial charge in [0.2, 0.25) is 0 Å². The van der Waals surface area contributed by atoms with Gasteiger partial charge in [-0.25, -0.2) is 4.99 Å². The zero-order valence-electron chi connectivity index (χ0n) is 15.3. The molecule has 0 heterocycles. The predicted octanol–water partition coefficient (Wildman–Crippen LogP) is 6.11. The van der Waals surface area contributed by atoms with Gasteiger partial charge in [-0.3, -0.25) is 0 Å². The van der Waals surface area contributed by atoms with Gasteiger partial charge in [0.05, 0.1) is 5.69 Å². The Morgan fingerprint density at radius 3 is 1.72 bits per heavy atom. The van der Waals surface area contributed by atoms with E-state index in [9.17, 15) is 0 Å². The lowest BCUT2D eigenvalue weighted by Gasteiger charge is -2.16. The van der Waals surface area contributed by atoms with Gasteiger partial charge in [0.25, 0.3) is 0 Å². The standard InChI is InChI=1S/C23H24N2/c1-16-10-8-11-17(2)21(16)24-23(20-14-6-5-7-15-20)25-22-18(3)12-9-13-19(22)4/h5-15H,1-4H3,(H,24,25). The van der Waals surface area contributed by atoms with Gasteiger partial charge in [-0.1, -0.05) is 66.7 Å². The van der Waals surface area contributed by atoms with Gasteiger partial charge >= 0.3 is 0 Å². The van der Waals surface area contributed by atoms with Crippen molar-refractivity contribution >= 4 is 17.2 Å². The molecule has 2 heteroatoms. The van der Waals surface area contributed by atoms with E-state index in [2.05, 4.69) is 81.5 Å². The monoisotopic (exact) mass is 328 g/mol. The summed E-state index contributed by atoms with van der Waals surface area (Å²) in [5, 5.41) is 3.58. The fourth-order valence-electron chi connectivity index (χ4n) is 2.98. The smallest absolute Gasteiger partial charge is 0.138 e. The van der Waals surface area contributed by atoms with Crippen molar-refractivity contribution in [3.63, 3.8) is 0 Å². The molecule has 0 saturated carbocycles. The van der Waals surface area contributed by atoms with Crippen molar-refractivity contribution in [2.24, 2.45) is 4.99 Å². The summed E-state index contributed by atoms with van der Waals surface area (Å²) in [6.45, 7) is 8.45. The van der Waals surface area contributed by atoms with E-state index in [1.54, 1.807) is 0 Å². The number of nitrogens with zero attached hydrogens (tertiary/aromatic N) is 1.